The molecule has 0 spiro atoms. The van der Waals surface area contributed by atoms with E-state index < -0.39 is 5.97 Å². The Balaban J connectivity index is 2.30. The predicted octanol–water partition coefficient (Wildman–Crippen LogP) is 4.49. The Kier molecular flexibility index (Phi) is 3.64. The number of aromatic nitrogens is 1. The van der Waals surface area contributed by atoms with Crippen LogP contribution < -0.4 is 5.73 Å². The van der Waals surface area contributed by atoms with Crippen LogP contribution in [0.25, 0.3) is 22.2 Å². The molecule has 1 aromatic heterocycles. The van der Waals surface area contributed by atoms with E-state index in [9.17, 15) is 9.90 Å². The first kappa shape index (κ1) is 14.6. The van der Waals surface area contributed by atoms with E-state index in [4.69, 9.17) is 28.9 Å². The molecule has 4 nitrogen and oxygen atoms in total. The van der Waals surface area contributed by atoms with Crippen molar-refractivity contribution in [2.24, 2.45) is 0 Å². The number of nitrogen functional groups attached to an aromatic ring is 1. The quantitative estimate of drug-likeness (QED) is 0.678. The molecule has 3 rings (SSSR count). The second-order valence-electron chi connectivity index (χ2n) is 4.76. The number of aromatic carboxylic acids is 1. The Bertz CT molecular complexity index is 910. The number of hydrogen-bond donors (Lipinski definition) is 2. The molecular formula is C16H10Cl2N2O2. The smallest absolute Gasteiger partial charge is 0.336 e. The first-order valence-corrected chi connectivity index (χ1v) is 7.10. The van der Waals surface area contributed by atoms with Gasteiger partial charge < -0.3 is 10.8 Å². The maximum atomic E-state index is 11.5. The van der Waals surface area contributed by atoms with Crippen LogP contribution in [0.15, 0.2) is 42.5 Å². The summed E-state index contributed by atoms with van der Waals surface area (Å²) >= 11 is 12.0. The lowest BCUT2D eigenvalue weighted by molar-refractivity contribution is 0.0699. The molecule has 3 aromatic rings. The molecule has 110 valence electrons. The number of carbonyl (C=O) groups is 1. The van der Waals surface area contributed by atoms with Gasteiger partial charge in [0.05, 0.1) is 27.5 Å². The molecule has 0 radical (unpaired) electrons. The second kappa shape index (κ2) is 5.48. The molecule has 0 atom stereocenters. The van der Waals surface area contributed by atoms with Crippen molar-refractivity contribution in [3.05, 3.63) is 58.1 Å². The van der Waals surface area contributed by atoms with Crippen molar-refractivity contribution in [1.29, 1.82) is 0 Å². The summed E-state index contributed by atoms with van der Waals surface area (Å²) in [6, 6.07) is 11.5. The van der Waals surface area contributed by atoms with E-state index in [2.05, 4.69) is 4.98 Å². The first-order chi connectivity index (χ1) is 10.5. The van der Waals surface area contributed by atoms with Crippen LogP contribution in [-0.2, 0) is 0 Å². The van der Waals surface area contributed by atoms with Crippen LogP contribution in [0.5, 0.6) is 0 Å². The molecule has 22 heavy (non-hydrogen) atoms. The molecular weight excluding hydrogens is 323 g/mol. The highest BCUT2D eigenvalue weighted by molar-refractivity contribution is 6.33. The van der Waals surface area contributed by atoms with Crippen molar-refractivity contribution in [3.8, 4) is 11.3 Å². The van der Waals surface area contributed by atoms with Gasteiger partial charge in [-0.05, 0) is 30.3 Å². The third-order valence-corrected chi connectivity index (χ3v) is 3.86. The molecule has 3 N–H and O–H groups in total. The first-order valence-electron chi connectivity index (χ1n) is 6.35. The summed E-state index contributed by atoms with van der Waals surface area (Å²) < 4.78 is 0. The maximum absolute atomic E-state index is 11.5. The van der Waals surface area contributed by atoms with Gasteiger partial charge in [0, 0.05) is 16.0 Å². The molecule has 0 amide bonds. The molecule has 1 heterocycles. The van der Waals surface area contributed by atoms with Gasteiger partial charge in [-0.15, -0.1) is 0 Å². The maximum Gasteiger partial charge on any atom is 0.336 e. The predicted molar refractivity (Wildman–Crippen MR) is 88.6 cm³/mol. The number of halogens is 2. The van der Waals surface area contributed by atoms with Crippen LogP contribution in [0, 0.1) is 0 Å². The molecule has 0 aliphatic heterocycles. The van der Waals surface area contributed by atoms with Gasteiger partial charge in [-0.25, -0.2) is 9.78 Å². The van der Waals surface area contributed by atoms with Crippen LogP contribution in [0.1, 0.15) is 10.4 Å². The van der Waals surface area contributed by atoms with Crippen molar-refractivity contribution in [3.63, 3.8) is 0 Å². The molecule has 0 aliphatic carbocycles. The van der Waals surface area contributed by atoms with E-state index in [1.807, 2.05) is 0 Å². The molecule has 2 aromatic carbocycles. The minimum absolute atomic E-state index is 0.157. The number of benzene rings is 2. The van der Waals surface area contributed by atoms with Crippen LogP contribution in [0.4, 0.5) is 5.69 Å². The molecule has 0 aliphatic rings. The van der Waals surface area contributed by atoms with Gasteiger partial charge in [0.15, 0.2) is 0 Å². The third kappa shape index (κ3) is 2.58. The number of carboxylic acids is 1. The van der Waals surface area contributed by atoms with E-state index in [-0.39, 0.29) is 5.56 Å². The van der Waals surface area contributed by atoms with Crippen LogP contribution in [-0.4, -0.2) is 16.1 Å². The summed E-state index contributed by atoms with van der Waals surface area (Å²) in [5.41, 5.74) is 7.99. The zero-order valence-corrected chi connectivity index (χ0v) is 12.7. The second-order valence-corrected chi connectivity index (χ2v) is 5.60. The number of nitrogens with zero attached hydrogens (tertiary/aromatic N) is 1. The Morgan fingerprint density at radius 3 is 2.55 bits per heavy atom. The van der Waals surface area contributed by atoms with Crippen molar-refractivity contribution in [2.75, 3.05) is 5.73 Å². The van der Waals surface area contributed by atoms with Crippen LogP contribution in [0.2, 0.25) is 10.0 Å². The normalized spacial score (nSPS) is 10.8. The Hall–Kier alpha value is -2.30. The zero-order chi connectivity index (χ0) is 15.9. The fraction of sp³-hybridized carbons (Fsp3) is 0. The van der Waals surface area contributed by atoms with Crippen molar-refractivity contribution in [2.45, 2.75) is 0 Å². The summed E-state index contributed by atoms with van der Waals surface area (Å²) in [4.78, 5) is 16.0. The summed E-state index contributed by atoms with van der Waals surface area (Å²) in [5, 5.41) is 10.8. The number of nitrogens with two attached hydrogens (primary N) is 1. The lowest BCUT2D eigenvalue weighted by Gasteiger charge is -2.08. The number of fused-ring (bicyclic) bond motifs is 1. The minimum atomic E-state index is -1.03. The van der Waals surface area contributed by atoms with E-state index in [0.717, 1.165) is 0 Å². The van der Waals surface area contributed by atoms with Crippen LogP contribution >= 0.6 is 23.2 Å². The number of anilines is 1. The van der Waals surface area contributed by atoms with Gasteiger partial charge in [-0.2, -0.15) is 0 Å². The largest absolute Gasteiger partial charge is 0.478 e. The average Bonchev–Trinajstić information content (AvgIpc) is 2.48. The van der Waals surface area contributed by atoms with Crippen molar-refractivity contribution >= 4 is 45.8 Å². The topological polar surface area (TPSA) is 76.2 Å². The van der Waals surface area contributed by atoms with Gasteiger partial charge >= 0.3 is 5.97 Å². The lowest BCUT2D eigenvalue weighted by atomic mass is 10.0. The van der Waals surface area contributed by atoms with Crippen molar-refractivity contribution < 1.29 is 9.90 Å². The SMILES string of the molecule is Nc1ccc(-c2cc(C(=O)O)c3ccc(Cl)cc3n2)cc1Cl. The molecule has 6 heteroatoms. The molecule has 0 saturated carbocycles. The highest BCUT2D eigenvalue weighted by atomic mass is 35.5. The Morgan fingerprint density at radius 2 is 1.86 bits per heavy atom. The fourth-order valence-corrected chi connectivity index (χ4v) is 2.56. The molecule has 0 unspecified atom stereocenters. The van der Waals surface area contributed by atoms with E-state index in [1.54, 1.807) is 36.4 Å². The summed E-state index contributed by atoms with van der Waals surface area (Å²) in [6.07, 6.45) is 0. The summed E-state index contributed by atoms with van der Waals surface area (Å²) in [7, 11) is 0. The number of pyridine rings is 1. The fourth-order valence-electron chi connectivity index (χ4n) is 2.21. The van der Waals surface area contributed by atoms with Gasteiger partial charge in [-0.1, -0.05) is 35.3 Å². The summed E-state index contributed by atoms with van der Waals surface area (Å²) in [5.74, 6) is -1.03. The standard InChI is InChI=1S/C16H10Cl2N2O2/c17-9-2-3-10-11(16(21)22)7-14(20-15(10)6-9)8-1-4-13(19)12(18)5-8/h1-7H,19H2,(H,21,22). The van der Waals surface area contributed by atoms with E-state index in [1.165, 1.54) is 6.07 Å². The van der Waals surface area contributed by atoms with E-state index in [0.29, 0.717) is 37.9 Å². The number of hydrogen-bond acceptors (Lipinski definition) is 3. The van der Waals surface area contributed by atoms with Gasteiger partial charge in [0.2, 0.25) is 0 Å². The molecule has 0 saturated heterocycles. The average molecular weight is 333 g/mol. The monoisotopic (exact) mass is 332 g/mol. The molecule has 0 fully saturated rings. The van der Waals surface area contributed by atoms with Crippen molar-refractivity contribution in [1.82, 2.24) is 4.98 Å². The number of carboxylic acid groups (broad SMARTS) is 1. The highest BCUT2D eigenvalue weighted by Crippen LogP contribution is 2.30. The Morgan fingerprint density at radius 1 is 1.09 bits per heavy atom. The van der Waals surface area contributed by atoms with Gasteiger partial charge in [0.25, 0.3) is 0 Å². The molecule has 0 bridgehead atoms. The summed E-state index contributed by atoms with van der Waals surface area (Å²) in [6.45, 7) is 0. The van der Waals surface area contributed by atoms with E-state index >= 15 is 0 Å². The van der Waals surface area contributed by atoms with Crippen LogP contribution in [0.3, 0.4) is 0 Å². The Labute approximate surface area is 136 Å². The number of rotatable bonds is 2. The zero-order valence-electron chi connectivity index (χ0n) is 11.2. The minimum Gasteiger partial charge on any atom is -0.478 e. The third-order valence-electron chi connectivity index (χ3n) is 3.30. The van der Waals surface area contributed by atoms with Gasteiger partial charge in [0.1, 0.15) is 0 Å². The lowest BCUT2D eigenvalue weighted by Crippen LogP contribution is -2.00. The highest BCUT2D eigenvalue weighted by Gasteiger charge is 2.13. The van der Waals surface area contributed by atoms with Gasteiger partial charge in [-0.3, -0.25) is 0 Å².